The third-order valence-corrected chi connectivity index (χ3v) is 1.75. The average molecular weight is 210 g/mol. The molecule has 0 radical (unpaired) electrons. The summed E-state index contributed by atoms with van der Waals surface area (Å²) in [4.78, 5) is 9.83. The van der Waals surface area contributed by atoms with E-state index < -0.39 is 0 Å². The van der Waals surface area contributed by atoms with Crippen LogP contribution in [0.25, 0.3) is 0 Å². The predicted octanol–water partition coefficient (Wildman–Crippen LogP) is 1.66. The number of allylic oxidation sites excluding steroid dienone is 4. The van der Waals surface area contributed by atoms with Gasteiger partial charge in [-0.15, -0.1) is 0 Å². The van der Waals surface area contributed by atoms with Crippen molar-refractivity contribution in [3.63, 3.8) is 0 Å². The Kier molecular flexibility index (Phi) is 10.1. The molecule has 0 rings (SSSR count). The number of aliphatic hydroxyl groups excluding tert-OH is 1. The van der Waals surface area contributed by atoms with E-state index in [-0.39, 0.29) is 12.7 Å². The zero-order valence-electron chi connectivity index (χ0n) is 9.06. The molecule has 0 amide bonds. The molecule has 1 atom stereocenters. The summed E-state index contributed by atoms with van der Waals surface area (Å²) in [6.45, 7) is 2.75. The average Bonchev–Trinajstić information content (AvgIpc) is 2.26. The van der Waals surface area contributed by atoms with Crippen LogP contribution in [0.3, 0.4) is 0 Å². The van der Waals surface area contributed by atoms with Crippen molar-refractivity contribution >= 4 is 5.94 Å². The summed E-state index contributed by atoms with van der Waals surface area (Å²) < 4.78 is 5.47. The molecular weight excluding hydrogens is 192 g/mol. The van der Waals surface area contributed by atoms with Crippen molar-refractivity contribution in [2.75, 3.05) is 13.2 Å². The van der Waals surface area contributed by atoms with Crippen LogP contribution in [0.5, 0.6) is 0 Å². The number of ether oxygens (including phenoxy) is 1. The Balaban J connectivity index is 3.81. The van der Waals surface area contributed by atoms with Gasteiger partial charge in [0.25, 0.3) is 0 Å². The maximum Gasteiger partial charge on any atom is 0.124 e. The van der Waals surface area contributed by atoms with Crippen molar-refractivity contribution in [3.8, 4) is 0 Å². The Morgan fingerprint density at radius 1 is 1.40 bits per heavy atom. The lowest BCUT2D eigenvalue weighted by Crippen LogP contribution is -2.10. The molecule has 0 heterocycles. The van der Waals surface area contributed by atoms with Crippen LogP contribution in [0, 0.1) is 0 Å². The molecule has 0 bridgehead atoms. The summed E-state index contributed by atoms with van der Waals surface area (Å²) in [5.41, 5.74) is 0. The Bertz CT molecular complexity index is 237. The van der Waals surface area contributed by atoms with Crippen molar-refractivity contribution in [2.24, 2.45) is 0 Å². The van der Waals surface area contributed by atoms with E-state index in [2.05, 4.69) is 0 Å². The zero-order chi connectivity index (χ0) is 11.4. The minimum atomic E-state index is 0.0708. The highest BCUT2D eigenvalue weighted by molar-refractivity contribution is 5.48. The first-order chi connectivity index (χ1) is 7.35. The quantitative estimate of drug-likeness (QED) is 0.376. The molecule has 0 fully saturated rings. The van der Waals surface area contributed by atoms with Crippen LogP contribution in [-0.4, -0.2) is 30.4 Å². The molecule has 0 aromatic carbocycles. The van der Waals surface area contributed by atoms with E-state index in [0.717, 1.165) is 6.42 Å². The second-order valence-electron chi connectivity index (χ2n) is 2.95. The monoisotopic (exact) mass is 210 g/mol. The lowest BCUT2D eigenvalue weighted by atomic mass is 10.2. The second kappa shape index (κ2) is 10.9. The molecule has 84 valence electrons. The Morgan fingerprint density at radius 3 is 2.80 bits per heavy atom. The molecular formula is C12H18O3. The molecule has 3 nitrogen and oxygen atoms in total. The molecule has 3 heteroatoms. The summed E-state index contributed by atoms with van der Waals surface area (Å²) in [6, 6.07) is 0. The van der Waals surface area contributed by atoms with E-state index >= 15 is 0 Å². The highest BCUT2D eigenvalue weighted by Gasteiger charge is 1.99. The molecule has 0 saturated heterocycles. The van der Waals surface area contributed by atoms with Crippen LogP contribution in [-0.2, 0) is 9.53 Å². The van der Waals surface area contributed by atoms with Gasteiger partial charge in [-0.1, -0.05) is 31.2 Å². The van der Waals surface area contributed by atoms with E-state index in [1.165, 1.54) is 6.08 Å². The standard InChI is InChI=1S/C12H18O3/c1-2-12(15-11-7-10-14)8-5-3-4-6-9-13/h3-6,8,12,14H,2,7,10-11H2,1H3/b4-3+,8-5+. The first-order valence-corrected chi connectivity index (χ1v) is 5.12. The van der Waals surface area contributed by atoms with Gasteiger partial charge in [-0.2, -0.15) is 0 Å². The molecule has 0 spiro atoms. The topological polar surface area (TPSA) is 46.5 Å². The lowest BCUT2D eigenvalue weighted by molar-refractivity contribution is 0.0710. The minimum Gasteiger partial charge on any atom is -0.396 e. The van der Waals surface area contributed by atoms with Crippen LogP contribution < -0.4 is 0 Å². The van der Waals surface area contributed by atoms with Gasteiger partial charge in [0.15, 0.2) is 0 Å². The maximum absolute atomic E-state index is 9.83. The number of carbonyl (C=O) groups excluding carboxylic acids is 1. The highest BCUT2D eigenvalue weighted by Crippen LogP contribution is 2.01. The van der Waals surface area contributed by atoms with Gasteiger partial charge < -0.3 is 9.84 Å². The summed E-state index contributed by atoms with van der Waals surface area (Å²) in [5.74, 6) is 1.66. The first kappa shape index (κ1) is 13.8. The van der Waals surface area contributed by atoms with Crippen molar-refractivity contribution in [1.29, 1.82) is 0 Å². The molecule has 0 aromatic rings. The lowest BCUT2D eigenvalue weighted by Gasteiger charge is -2.10. The normalized spacial score (nSPS) is 13.2. The van der Waals surface area contributed by atoms with Crippen molar-refractivity contribution in [3.05, 3.63) is 30.4 Å². The molecule has 15 heavy (non-hydrogen) atoms. The molecule has 0 aliphatic heterocycles. The molecule has 0 aromatic heterocycles. The highest BCUT2D eigenvalue weighted by atomic mass is 16.5. The van der Waals surface area contributed by atoms with Gasteiger partial charge in [0, 0.05) is 19.3 Å². The summed E-state index contributed by atoms with van der Waals surface area (Å²) in [7, 11) is 0. The number of hydrogen-bond acceptors (Lipinski definition) is 3. The van der Waals surface area contributed by atoms with E-state index in [1.54, 1.807) is 18.1 Å². The van der Waals surface area contributed by atoms with Gasteiger partial charge in [0.05, 0.1) is 6.10 Å². The number of aliphatic hydroxyl groups is 1. The maximum atomic E-state index is 9.83. The Hall–Kier alpha value is -1.15. The van der Waals surface area contributed by atoms with Crippen LogP contribution >= 0.6 is 0 Å². The number of rotatable bonds is 8. The number of hydrogen-bond donors (Lipinski definition) is 1. The van der Waals surface area contributed by atoms with Gasteiger partial charge in [0.1, 0.15) is 5.94 Å². The Morgan fingerprint density at radius 2 is 2.20 bits per heavy atom. The van der Waals surface area contributed by atoms with Gasteiger partial charge in [-0.05, 0) is 12.8 Å². The molecule has 0 saturated carbocycles. The zero-order valence-corrected chi connectivity index (χ0v) is 9.06. The van der Waals surface area contributed by atoms with Gasteiger partial charge >= 0.3 is 0 Å². The summed E-state index contributed by atoms with van der Waals surface area (Å²) in [6.07, 6.45) is 10.0. The fraction of sp³-hybridized carbons (Fsp3) is 0.500. The molecule has 1 N–H and O–H groups in total. The second-order valence-corrected chi connectivity index (χ2v) is 2.95. The molecule has 0 aliphatic rings. The van der Waals surface area contributed by atoms with Crippen molar-refractivity contribution < 1.29 is 14.6 Å². The third-order valence-electron chi connectivity index (χ3n) is 1.75. The smallest absolute Gasteiger partial charge is 0.124 e. The van der Waals surface area contributed by atoms with E-state index in [4.69, 9.17) is 9.84 Å². The molecule has 0 aliphatic carbocycles. The van der Waals surface area contributed by atoms with E-state index in [0.29, 0.717) is 13.0 Å². The summed E-state index contributed by atoms with van der Waals surface area (Å²) in [5, 5.41) is 8.58. The van der Waals surface area contributed by atoms with Crippen LogP contribution in [0.2, 0.25) is 0 Å². The van der Waals surface area contributed by atoms with Gasteiger partial charge in [-0.25, -0.2) is 4.79 Å². The SMILES string of the molecule is CCC(/C=C/C=C/C=C=O)OCCCO. The predicted molar refractivity (Wildman–Crippen MR) is 60.3 cm³/mol. The first-order valence-electron chi connectivity index (χ1n) is 5.12. The van der Waals surface area contributed by atoms with Gasteiger partial charge in [-0.3, -0.25) is 0 Å². The minimum absolute atomic E-state index is 0.0708. The summed E-state index contributed by atoms with van der Waals surface area (Å²) >= 11 is 0. The fourth-order valence-corrected chi connectivity index (χ4v) is 0.956. The third kappa shape index (κ3) is 9.16. The van der Waals surface area contributed by atoms with Crippen molar-refractivity contribution in [1.82, 2.24) is 0 Å². The largest absolute Gasteiger partial charge is 0.396 e. The van der Waals surface area contributed by atoms with Crippen molar-refractivity contribution in [2.45, 2.75) is 25.9 Å². The van der Waals surface area contributed by atoms with Crippen LogP contribution in [0.1, 0.15) is 19.8 Å². The van der Waals surface area contributed by atoms with E-state index in [9.17, 15) is 4.79 Å². The Labute approximate surface area is 90.8 Å². The van der Waals surface area contributed by atoms with Gasteiger partial charge in [0.2, 0.25) is 0 Å². The van der Waals surface area contributed by atoms with E-state index in [1.807, 2.05) is 19.1 Å². The van der Waals surface area contributed by atoms with Crippen LogP contribution in [0.15, 0.2) is 30.4 Å². The fourth-order valence-electron chi connectivity index (χ4n) is 0.956. The van der Waals surface area contributed by atoms with Crippen LogP contribution in [0.4, 0.5) is 0 Å². The molecule has 1 unspecified atom stereocenters.